The number of alkyl halides is 1. The van der Waals surface area contributed by atoms with E-state index in [9.17, 15) is 24.2 Å². The van der Waals surface area contributed by atoms with Gasteiger partial charge in [-0.25, -0.2) is 24.3 Å². The number of carbonyl (C=O) groups is 1. The van der Waals surface area contributed by atoms with E-state index in [2.05, 4.69) is 35.2 Å². The summed E-state index contributed by atoms with van der Waals surface area (Å²) < 4.78 is 58.4. The summed E-state index contributed by atoms with van der Waals surface area (Å²) >= 11 is 5.53. The van der Waals surface area contributed by atoms with E-state index in [1.165, 1.54) is 12.5 Å². The van der Waals surface area contributed by atoms with Crippen LogP contribution in [0.1, 0.15) is 32.3 Å². The van der Waals surface area contributed by atoms with Crippen molar-refractivity contribution in [2.75, 3.05) is 25.1 Å². The van der Waals surface area contributed by atoms with Crippen molar-refractivity contribution >= 4 is 61.0 Å². The quantitative estimate of drug-likeness (QED) is 0.0936. The Morgan fingerprint density at radius 3 is 2.78 bits per heavy atom. The molecule has 1 saturated heterocycles. The van der Waals surface area contributed by atoms with Crippen molar-refractivity contribution < 1.29 is 46.6 Å². The van der Waals surface area contributed by atoms with Crippen molar-refractivity contribution in [1.82, 2.24) is 39.0 Å². The number of H-pyrrole nitrogens is 1. The van der Waals surface area contributed by atoms with Gasteiger partial charge in [-0.05, 0) is 11.8 Å². The molecule has 0 bridgehead atoms. The number of aromatic nitrogens is 8. The minimum atomic E-state index is -3.69. The Labute approximate surface area is 281 Å². The number of imidazole rings is 2. The zero-order valence-electron chi connectivity index (χ0n) is 25.8. The normalized spacial score (nSPS) is 20.9. The molecular weight excluding hydrogens is 713 g/mol. The number of hydrogen-bond acceptors (Lipinski definition) is 16. The van der Waals surface area contributed by atoms with Gasteiger partial charge >= 0.3 is 15.0 Å². The topological polar surface area (TPSA) is 264 Å². The van der Waals surface area contributed by atoms with Crippen LogP contribution in [0, 0.1) is 17.2 Å². The average molecular weight is 744 g/mol. The van der Waals surface area contributed by atoms with Crippen molar-refractivity contribution in [3.63, 3.8) is 0 Å². The van der Waals surface area contributed by atoms with Gasteiger partial charge in [0.25, 0.3) is 5.56 Å². The van der Waals surface area contributed by atoms with Gasteiger partial charge in [-0.2, -0.15) is 10.2 Å². The summed E-state index contributed by atoms with van der Waals surface area (Å²) in [4.78, 5) is 57.4. The molecule has 5 rings (SSSR count). The molecule has 5 heterocycles. The van der Waals surface area contributed by atoms with Crippen LogP contribution in [0.5, 0.6) is 0 Å². The molecule has 24 heteroatoms. The predicted octanol–water partition coefficient (Wildman–Crippen LogP) is 1.50. The number of ether oxygens (including phenoxy) is 1. The number of nitrogens with one attached hydrogen (secondary N) is 2. The second-order valence-electron chi connectivity index (χ2n) is 10.6. The van der Waals surface area contributed by atoms with Crippen molar-refractivity contribution in [2.45, 2.75) is 58.0 Å². The zero-order valence-corrected chi connectivity index (χ0v) is 28.4. The second-order valence-corrected chi connectivity index (χ2v) is 14.3. The molecule has 0 aromatic carbocycles. The molecule has 0 aliphatic carbocycles. The fourth-order valence-electron chi connectivity index (χ4n) is 4.71. The summed E-state index contributed by atoms with van der Waals surface area (Å²) in [5.41, 5.74) is -0.185. The lowest BCUT2D eigenvalue weighted by Crippen LogP contribution is -2.31. The molecular formula is C25H30FN10O10P2S+. The monoisotopic (exact) mass is 743 g/mol. The van der Waals surface area contributed by atoms with Gasteiger partial charge in [-0.3, -0.25) is 24.5 Å². The lowest BCUT2D eigenvalue weighted by molar-refractivity contribution is -0.118. The molecule has 1 aliphatic heterocycles. The van der Waals surface area contributed by atoms with Crippen molar-refractivity contribution in [3.8, 4) is 6.07 Å². The highest BCUT2D eigenvalue weighted by Gasteiger charge is 2.52. The van der Waals surface area contributed by atoms with Crippen LogP contribution in [0.2, 0.25) is 0 Å². The Bertz CT molecular complexity index is 1990. The number of rotatable bonds is 16. The van der Waals surface area contributed by atoms with Crippen LogP contribution < -0.4 is 10.9 Å². The number of aromatic amines is 1. The van der Waals surface area contributed by atoms with E-state index in [4.69, 9.17) is 39.9 Å². The molecule has 1 aliphatic rings. The van der Waals surface area contributed by atoms with E-state index < -0.39 is 70.2 Å². The first-order valence-corrected chi connectivity index (χ1v) is 18.2. The van der Waals surface area contributed by atoms with E-state index in [1.54, 1.807) is 18.4 Å². The SMILES string of the molecule is CC(C)C(=O)Nc1nc2c(ncn2[C@@H]2O[C@H](COP(=S)(OCCC#N)OCCn3c(CO)nc4cncnc43)[C@H](F)[C@H]2O[P+](=O)O)c(=O)[nH]1. The minimum Gasteiger partial charge on any atom is -0.388 e. The number of aliphatic hydroxyl groups excluding tert-OH is 1. The maximum Gasteiger partial charge on any atom is 0.695 e. The van der Waals surface area contributed by atoms with Gasteiger partial charge in [-0.15, -0.1) is 9.42 Å². The van der Waals surface area contributed by atoms with Gasteiger partial charge in [0.1, 0.15) is 30.4 Å². The standard InChI is InChI=1S/C25H29FN10O10P2S/c1-13(2)22(38)33-25-32-21-18(23(39)34-25)30-12-36(21)24-19(46-47(40)41)17(26)15(45-24)10-44-48(49,42-6-3-4-27)43-7-5-35-16(9-37)31-14-8-28-11-29-20(14)35/h8,11-13,15,17,19,24,37H,3,5-7,9-10H2,1-2H3,(H2-,32,33,34,38,39,40,41)/p+1/t15-,17+,19-,24-,48?/m1/s1. The number of carbonyl (C=O) groups excluding carboxylic acids is 1. The Hall–Kier alpha value is -3.74. The molecule has 262 valence electrons. The maximum absolute atomic E-state index is 15.9. The first-order valence-electron chi connectivity index (χ1n) is 14.5. The van der Waals surface area contributed by atoms with Crippen molar-refractivity contribution in [1.29, 1.82) is 5.26 Å². The molecule has 1 amide bonds. The van der Waals surface area contributed by atoms with Gasteiger partial charge < -0.3 is 28.0 Å². The van der Waals surface area contributed by atoms with Gasteiger partial charge in [0.05, 0.1) is 44.8 Å². The van der Waals surface area contributed by atoms with E-state index in [0.717, 1.165) is 10.9 Å². The third kappa shape index (κ3) is 8.36. The molecule has 49 heavy (non-hydrogen) atoms. The van der Waals surface area contributed by atoms with Crippen LogP contribution in [-0.4, -0.2) is 93.1 Å². The first kappa shape index (κ1) is 36.5. The summed E-state index contributed by atoms with van der Waals surface area (Å²) in [6, 6.07) is 1.91. The van der Waals surface area contributed by atoms with Crippen LogP contribution in [0.25, 0.3) is 22.3 Å². The smallest absolute Gasteiger partial charge is 0.388 e. The summed E-state index contributed by atoms with van der Waals surface area (Å²) in [6.07, 6.45) is -2.95. The zero-order chi connectivity index (χ0) is 35.3. The Balaban J connectivity index is 1.35. The van der Waals surface area contributed by atoms with Crippen LogP contribution in [-0.2, 0) is 57.1 Å². The Kier molecular flexibility index (Phi) is 11.8. The van der Waals surface area contributed by atoms with Crippen molar-refractivity contribution in [2.24, 2.45) is 5.92 Å². The van der Waals surface area contributed by atoms with Crippen molar-refractivity contribution in [3.05, 3.63) is 35.0 Å². The molecule has 1 fully saturated rings. The summed E-state index contributed by atoms with van der Waals surface area (Å²) in [5, 5.41) is 21.2. The Morgan fingerprint density at radius 2 is 2.06 bits per heavy atom. The maximum atomic E-state index is 15.9. The minimum absolute atomic E-state index is 0.0600. The van der Waals surface area contributed by atoms with Crippen LogP contribution in [0.4, 0.5) is 10.3 Å². The predicted molar refractivity (Wildman–Crippen MR) is 169 cm³/mol. The van der Waals surface area contributed by atoms with Gasteiger partial charge in [0, 0.05) is 17.0 Å². The van der Waals surface area contributed by atoms with Crippen LogP contribution >= 0.6 is 15.0 Å². The van der Waals surface area contributed by atoms with Gasteiger partial charge in [-0.1, -0.05) is 13.8 Å². The number of anilines is 1. The van der Waals surface area contributed by atoms with Gasteiger partial charge in [0.2, 0.25) is 11.9 Å². The van der Waals surface area contributed by atoms with Crippen LogP contribution in [0.15, 0.2) is 23.6 Å². The molecule has 0 radical (unpaired) electrons. The molecule has 6 atom stereocenters. The molecule has 4 aromatic rings. The number of hydrogen-bond donors (Lipinski definition) is 4. The van der Waals surface area contributed by atoms with E-state index in [1.807, 2.05) is 6.07 Å². The summed E-state index contributed by atoms with van der Waals surface area (Å²) in [6.45, 7) is -1.62. The highest BCUT2D eigenvalue weighted by molar-refractivity contribution is 8.07. The lowest BCUT2D eigenvalue weighted by atomic mass is 10.1. The highest BCUT2D eigenvalue weighted by atomic mass is 32.5. The fourth-order valence-corrected chi connectivity index (χ4v) is 6.94. The Morgan fingerprint density at radius 1 is 1.29 bits per heavy atom. The second kappa shape index (κ2) is 15.9. The number of fused-ring (bicyclic) bond motifs is 2. The largest absolute Gasteiger partial charge is 0.695 e. The van der Waals surface area contributed by atoms with E-state index >= 15 is 4.39 Å². The molecule has 2 unspecified atom stereocenters. The third-order valence-corrected chi connectivity index (χ3v) is 9.84. The third-order valence-electron chi connectivity index (χ3n) is 7.00. The van der Waals surface area contributed by atoms with E-state index in [0.29, 0.717) is 11.2 Å². The average Bonchev–Trinajstić information content (AvgIpc) is 3.74. The molecule has 4 aromatic heterocycles. The van der Waals surface area contributed by atoms with Gasteiger partial charge in [0.15, 0.2) is 35.3 Å². The number of nitriles is 1. The van der Waals surface area contributed by atoms with E-state index in [-0.39, 0.29) is 49.1 Å². The summed E-state index contributed by atoms with van der Waals surface area (Å²) in [7, 11) is -3.34. The van der Waals surface area contributed by atoms with Crippen LogP contribution in [0.3, 0.4) is 0 Å². The fraction of sp³-hybridized carbons (Fsp3) is 0.520. The molecule has 20 nitrogen and oxygen atoms in total. The lowest BCUT2D eigenvalue weighted by Gasteiger charge is -2.24. The number of amides is 1. The summed E-state index contributed by atoms with van der Waals surface area (Å²) in [5.74, 6) is -0.814. The number of aliphatic hydroxyl groups is 1. The number of halogens is 1. The molecule has 0 spiro atoms. The number of nitrogens with zero attached hydrogens (tertiary/aromatic N) is 8. The first-order chi connectivity index (χ1) is 23.4. The highest BCUT2D eigenvalue weighted by Crippen LogP contribution is 2.51. The molecule has 4 N–H and O–H groups in total. The molecule has 0 saturated carbocycles.